The van der Waals surface area contributed by atoms with Crippen LogP contribution in [-0.2, 0) is 6.61 Å². The zero-order valence-electron chi connectivity index (χ0n) is 7.97. The molecule has 2 unspecified atom stereocenters. The molecule has 0 radical (unpaired) electrons. The minimum Gasteiger partial charge on any atom is -0.392 e. The van der Waals surface area contributed by atoms with Crippen molar-refractivity contribution in [3.8, 4) is 0 Å². The molecule has 3 N–H and O–H groups in total. The molecule has 1 aromatic rings. The summed E-state index contributed by atoms with van der Waals surface area (Å²) in [5.41, 5.74) is 0.458. The fourth-order valence-corrected chi connectivity index (χ4v) is 1.42. The molecule has 5 heteroatoms. The number of benzene rings is 1. The first-order valence-electron chi connectivity index (χ1n) is 4.46. The van der Waals surface area contributed by atoms with E-state index in [1.165, 1.54) is 12.1 Å². The monoisotopic (exact) mass is 232 g/mol. The summed E-state index contributed by atoms with van der Waals surface area (Å²) >= 11 is 3.84. The second-order valence-electron chi connectivity index (χ2n) is 3.20. The number of thiol groups is 1. The van der Waals surface area contributed by atoms with Crippen LogP contribution in [0.5, 0.6) is 0 Å². The van der Waals surface area contributed by atoms with Gasteiger partial charge in [-0.2, -0.15) is 12.6 Å². The Bertz CT molecular complexity index is 332. The zero-order chi connectivity index (χ0) is 11.4. The van der Waals surface area contributed by atoms with E-state index in [-0.39, 0.29) is 11.3 Å². The maximum Gasteiger partial charge on any atom is 0.128 e. The topological polar surface area (TPSA) is 60.7 Å². The third kappa shape index (κ3) is 2.92. The highest BCUT2D eigenvalue weighted by atomic mass is 32.1. The van der Waals surface area contributed by atoms with Gasteiger partial charge in [-0.15, -0.1) is 0 Å². The van der Waals surface area contributed by atoms with Gasteiger partial charge in [-0.3, -0.25) is 0 Å². The van der Waals surface area contributed by atoms with Gasteiger partial charge in [0.2, 0.25) is 0 Å². The second-order valence-corrected chi connectivity index (χ2v) is 3.57. The third-order valence-electron chi connectivity index (χ3n) is 2.13. The summed E-state index contributed by atoms with van der Waals surface area (Å²) in [7, 11) is 0. The molecular weight excluding hydrogens is 219 g/mol. The quantitative estimate of drug-likeness (QED) is 0.576. The molecule has 0 heterocycles. The van der Waals surface area contributed by atoms with Crippen LogP contribution in [0, 0.1) is 5.82 Å². The molecule has 3 nitrogen and oxygen atoms in total. The zero-order valence-corrected chi connectivity index (χ0v) is 8.86. The molecule has 15 heavy (non-hydrogen) atoms. The summed E-state index contributed by atoms with van der Waals surface area (Å²) < 4.78 is 13.0. The molecule has 0 amide bonds. The molecule has 0 aliphatic heterocycles. The van der Waals surface area contributed by atoms with Crippen molar-refractivity contribution in [3.05, 3.63) is 35.1 Å². The molecule has 0 saturated heterocycles. The highest BCUT2D eigenvalue weighted by Gasteiger charge is 2.17. The summed E-state index contributed by atoms with van der Waals surface area (Å²) in [4.78, 5) is 0. The van der Waals surface area contributed by atoms with E-state index in [2.05, 4.69) is 12.6 Å². The number of rotatable bonds is 4. The van der Waals surface area contributed by atoms with Gasteiger partial charge in [-0.1, -0.05) is 6.07 Å². The lowest BCUT2D eigenvalue weighted by Crippen LogP contribution is -2.20. The first-order valence-corrected chi connectivity index (χ1v) is 5.09. The van der Waals surface area contributed by atoms with E-state index >= 15 is 0 Å². The smallest absolute Gasteiger partial charge is 0.128 e. The fraction of sp³-hybridized carbons (Fsp3) is 0.400. The average molecular weight is 232 g/mol. The number of halogens is 1. The third-order valence-corrected chi connectivity index (χ3v) is 2.51. The average Bonchev–Trinajstić information content (AvgIpc) is 2.27. The van der Waals surface area contributed by atoms with E-state index in [0.717, 1.165) is 6.07 Å². The van der Waals surface area contributed by atoms with Gasteiger partial charge in [0, 0.05) is 11.3 Å². The highest BCUT2D eigenvalue weighted by Crippen LogP contribution is 2.20. The Morgan fingerprint density at radius 2 is 2.00 bits per heavy atom. The van der Waals surface area contributed by atoms with Crippen molar-refractivity contribution in [2.75, 3.05) is 5.75 Å². The van der Waals surface area contributed by atoms with Gasteiger partial charge in [0.15, 0.2) is 0 Å². The van der Waals surface area contributed by atoms with Crippen LogP contribution in [0.4, 0.5) is 4.39 Å². The van der Waals surface area contributed by atoms with Crippen LogP contribution in [0.3, 0.4) is 0 Å². The van der Waals surface area contributed by atoms with E-state index in [4.69, 9.17) is 5.11 Å². The summed E-state index contributed by atoms with van der Waals surface area (Å²) in [6.45, 7) is -0.441. The summed E-state index contributed by atoms with van der Waals surface area (Å²) in [5, 5.41) is 27.7. The second kappa shape index (κ2) is 5.46. The SMILES string of the molecule is OCc1cc(C(O)C(O)CS)ccc1F. The number of aliphatic hydroxyl groups excluding tert-OH is 3. The normalized spacial score (nSPS) is 15.0. The molecule has 0 spiro atoms. The Kier molecular flexibility index (Phi) is 4.53. The molecule has 0 aliphatic rings. The van der Waals surface area contributed by atoms with Crippen LogP contribution < -0.4 is 0 Å². The molecule has 2 atom stereocenters. The van der Waals surface area contributed by atoms with Gasteiger partial charge in [0.25, 0.3) is 0 Å². The Balaban J connectivity index is 2.95. The fourth-order valence-electron chi connectivity index (χ4n) is 1.22. The van der Waals surface area contributed by atoms with Gasteiger partial charge in [-0.25, -0.2) is 4.39 Å². The standard InChI is InChI=1S/C10H13FO3S/c11-8-2-1-6(3-7(8)4-12)10(14)9(13)5-15/h1-3,9-10,12-15H,4-5H2. The summed E-state index contributed by atoms with van der Waals surface area (Å²) in [6, 6.07) is 3.84. The van der Waals surface area contributed by atoms with Gasteiger partial charge in [0.1, 0.15) is 11.9 Å². The van der Waals surface area contributed by atoms with Crippen molar-refractivity contribution in [2.45, 2.75) is 18.8 Å². The van der Waals surface area contributed by atoms with Crippen LogP contribution in [0.15, 0.2) is 18.2 Å². The van der Waals surface area contributed by atoms with Crippen LogP contribution >= 0.6 is 12.6 Å². The highest BCUT2D eigenvalue weighted by molar-refractivity contribution is 7.80. The van der Waals surface area contributed by atoms with E-state index in [9.17, 15) is 14.6 Å². The van der Waals surface area contributed by atoms with Crippen LogP contribution in [-0.4, -0.2) is 27.2 Å². The number of aliphatic hydroxyl groups is 3. The lowest BCUT2D eigenvalue weighted by atomic mass is 10.0. The predicted molar refractivity (Wildman–Crippen MR) is 57.1 cm³/mol. The number of hydrogen-bond donors (Lipinski definition) is 4. The van der Waals surface area contributed by atoms with E-state index in [1.54, 1.807) is 0 Å². The van der Waals surface area contributed by atoms with Gasteiger partial charge in [-0.05, 0) is 17.7 Å². The molecule has 0 aliphatic carbocycles. The predicted octanol–water partition coefficient (Wildman–Crippen LogP) is 0.642. The van der Waals surface area contributed by atoms with Crippen LogP contribution in [0.2, 0.25) is 0 Å². The minimum atomic E-state index is -1.12. The van der Waals surface area contributed by atoms with Gasteiger partial charge in [0.05, 0.1) is 12.7 Å². The van der Waals surface area contributed by atoms with Crippen molar-refractivity contribution in [2.24, 2.45) is 0 Å². The Morgan fingerprint density at radius 3 is 2.53 bits per heavy atom. The molecule has 84 valence electrons. The minimum absolute atomic E-state index is 0.0953. The van der Waals surface area contributed by atoms with Crippen molar-refractivity contribution in [3.63, 3.8) is 0 Å². The maximum atomic E-state index is 13.0. The summed E-state index contributed by atoms with van der Waals surface area (Å²) in [5.74, 6) is -0.429. The number of hydrogen-bond acceptors (Lipinski definition) is 4. The molecular formula is C10H13FO3S. The maximum absolute atomic E-state index is 13.0. The van der Waals surface area contributed by atoms with Crippen molar-refractivity contribution < 1.29 is 19.7 Å². The summed E-state index contributed by atoms with van der Waals surface area (Å²) in [6.07, 6.45) is -2.13. The largest absolute Gasteiger partial charge is 0.392 e. The lowest BCUT2D eigenvalue weighted by Gasteiger charge is -2.16. The first-order chi connectivity index (χ1) is 7.10. The van der Waals surface area contributed by atoms with Gasteiger partial charge >= 0.3 is 0 Å². The molecule has 0 fully saturated rings. The molecule has 0 saturated carbocycles. The lowest BCUT2D eigenvalue weighted by molar-refractivity contribution is 0.0336. The first kappa shape index (κ1) is 12.4. The molecule has 0 bridgehead atoms. The van der Waals surface area contributed by atoms with Crippen molar-refractivity contribution >= 4 is 12.6 Å². The van der Waals surface area contributed by atoms with Crippen LogP contribution in [0.25, 0.3) is 0 Å². The van der Waals surface area contributed by atoms with E-state index in [0.29, 0.717) is 5.56 Å². The van der Waals surface area contributed by atoms with Crippen LogP contribution in [0.1, 0.15) is 17.2 Å². The van der Waals surface area contributed by atoms with E-state index < -0.39 is 24.6 Å². The molecule has 0 aromatic heterocycles. The van der Waals surface area contributed by atoms with E-state index in [1.807, 2.05) is 0 Å². The van der Waals surface area contributed by atoms with Crippen molar-refractivity contribution in [1.29, 1.82) is 0 Å². The Labute approximate surface area is 92.6 Å². The molecule has 1 aromatic carbocycles. The van der Waals surface area contributed by atoms with Crippen molar-refractivity contribution in [1.82, 2.24) is 0 Å². The Hall–Kier alpha value is -0.620. The Morgan fingerprint density at radius 1 is 1.33 bits per heavy atom. The molecule has 1 rings (SSSR count). The van der Waals surface area contributed by atoms with Gasteiger partial charge < -0.3 is 15.3 Å².